The van der Waals surface area contributed by atoms with Gasteiger partial charge in [-0.25, -0.2) is 0 Å². The Morgan fingerprint density at radius 2 is 1.76 bits per heavy atom. The maximum atomic E-state index is 5.99. The minimum atomic E-state index is 0.331. The van der Waals surface area contributed by atoms with E-state index in [4.69, 9.17) is 11.6 Å². The van der Waals surface area contributed by atoms with Gasteiger partial charge in [-0.05, 0) is 43.5 Å². The average Bonchev–Trinajstić information content (AvgIpc) is 2.47. The molecule has 0 saturated carbocycles. The Labute approximate surface area is 133 Å². The third-order valence-corrected chi connectivity index (χ3v) is 4.10. The first-order chi connectivity index (χ1) is 10.1. The summed E-state index contributed by atoms with van der Waals surface area (Å²) in [7, 11) is 0. The van der Waals surface area contributed by atoms with E-state index in [-0.39, 0.29) is 0 Å². The van der Waals surface area contributed by atoms with Crippen LogP contribution < -0.4 is 5.32 Å². The summed E-state index contributed by atoms with van der Waals surface area (Å²) in [5, 5.41) is 4.55. The van der Waals surface area contributed by atoms with Crippen LogP contribution in [-0.2, 0) is 0 Å². The number of aryl methyl sites for hydroxylation is 1. The number of benzene rings is 2. The van der Waals surface area contributed by atoms with Gasteiger partial charge in [0, 0.05) is 17.1 Å². The molecule has 0 bridgehead atoms. The standard InChI is InChI=1S/C19H24ClN/c1-4-6-19(16-9-11-18(20)12-10-16)21-15(3)17-8-5-7-14(2)13-17/h5,7-13,15,19,21H,4,6H2,1-3H3/t15-,19?/m1/s1. The molecule has 112 valence electrons. The second kappa shape index (κ2) is 7.63. The van der Waals surface area contributed by atoms with Crippen LogP contribution in [0.5, 0.6) is 0 Å². The monoisotopic (exact) mass is 301 g/mol. The first-order valence-corrected chi connectivity index (χ1v) is 8.06. The van der Waals surface area contributed by atoms with E-state index in [1.54, 1.807) is 0 Å². The van der Waals surface area contributed by atoms with Crippen LogP contribution in [0.2, 0.25) is 5.02 Å². The molecular formula is C19H24ClN. The fraction of sp³-hybridized carbons (Fsp3) is 0.368. The predicted molar refractivity (Wildman–Crippen MR) is 91.8 cm³/mol. The van der Waals surface area contributed by atoms with Crippen molar-refractivity contribution in [3.63, 3.8) is 0 Å². The van der Waals surface area contributed by atoms with Crippen LogP contribution in [0.1, 0.15) is 55.5 Å². The van der Waals surface area contributed by atoms with Crippen molar-refractivity contribution in [1.82, 2.24) is 5.32 Å². The number of hydrogen-bond donors (Lipinski definition) is 1. The zero-order chi connectivity index (χ0) is 15.2. The molecule has 0 spiro atoms. The Hall–Kier alpha value is -1.31. The SMILES string of the molecule is CCCC(N[C@H](C)c1cccc(C)c1)c1ccc(Cl)cc1. The molecule has 0 amide bonds. The Kier molecular flexibility index (Phi) is 5.84. The molecule has 1 unspecified atom stereocenters. The lowest BCUT2D eigenvalue weighted by molar-refractivity contribution is 0.439. The third-order valence-electron chi connectivity index (χ3n) is 3.84. The Balaban J connectivity index is 2.14. The second-order valence-corrected chi connectivity index (χ2v) is 6.13. The van der Waals surface area contributed by atoms with Crippen molar-refractivity contribution < 1.29 is 0 Å². The summed E-state index contributed by atoms with van der Waals surface area (Å²) in [4.78, 5) is 0. The smallest absolute Gasteiger partial charge is 0.0406 e. The quantitative estimate of drug-likeness (QED) is 0.706. The van der Waals surface area contributed by atoms with Gasteiger partial charge in [0.15, 0.2) is 0 Å². The zero-order valence-electron chi connectivity index (χ0n) is 13.1. The molecule has 2 rings (SSSR count). The molecule has 2 aromatic rings. The van der Waals surface area contributed by atoms with Gasteiger partial charge in [-0.3, -0.25) is 0 Å². The predicted octanol–water partition coefficient (Wildman–Crippen LogP) is 5.84. The van der Waals surface area contributed by atoms with E-state index >= 15 is 0 Å². The molecule has 21 heavy (non-hydrogen) atoms. The molecule has 1 N–H and O–H groups in total. The molecular weight excluding hydrogens is 278 g/mol. The maximum absolute atomic E-state index is 5.99. The number of rotatable bonds is 6. The van der Waals surface area contributed by atoms with Gasteiger partial charge in [-0.2, -0.15) is 0 Å². The molecule has 0 aliphatic rings. The molecule has 1 nitrogen and oxygen atoms in total. The van der Waals surface area contributed by atoms with Crippen molar-refractivity contribution in [1.29, 1.82) is 0 Å². The summed E-state index contributed by atoms with van der Waals surface area (Å²) in [6, 6.07) is 17.6. The van der Waals surface area contributed by atoms with Gasteiger partial charge in [0.25, 0.3) is 0 Å². The van der Waals surface area contributed by atoms with Crippen LogP contribution in [-0.4, -0.2) is 0 Å². The van der Waals surface area contributed by atoms with Gasteiger partial charge in [-0.1, -0.05) is 66.9 Å². The highest BCUT2D eigenvalue weighted by Gasteiger charge is 2.14. The molecule has 0 aliphatic carbocycles. The van der Waals surface area contributed by atoms with Crippen molar-refractivity contribution in [2.24, 2.45) is 0 Å². The summed E-state index contributed by atoms with van der Waals surface area (Å²) < 4.78 is 0. The molecule has 0 aromatic heterocycles. The Morgan fingerprint density at radius 3 is 2.38 bits per heavy atom. The molecule has 0 aliphatic heterocycles. The Bertz CT molecular complexity index is 562. The van der Waals surface area contributed by atoms with Crippen molar-refractivity contribution in [3.05, 3.63) is 70.2 Å². The molecule has 2 heteroatoms. The molecule has 2 atom stereocenters. The van der Waals surface area contributed by atoms with Gasteiger partial charge in [-0.15, -0.1) is 0 Å². The summed E-state index contributed by atoms with van der Waals surface area (Å²) in [5.74, 6) is 0. The van der Waals surface area contributed by atoms with Crippen LogP contribution in [0.25, 0.3) is 0 Å². The van der Waals surface area contributed by atoms with Crippen LogP contribution in [0.4, 0.5) is 0 Å². The van der Waals surface area contributed by atoms with Gasteiger partial charge >= 0.3 is 0 Å². The maximum Gasteiger partial charge on any atom is 0.0406 e. The minimum Gasteiger partial charge on any atom is -0.303 e. The highest BCUT2D eigenvalue weighted by molar-refractivity contribution is 6.30. The van der Waals surface area contributed by atoms with Crippen LogP contribution in [0.3, 0.4) is 0 Å². The minimum absolute atomic E-state index is 0.331. The topological polar surface area (TPSA) is 12.0 Å². The first kappa shape index (κ1) is 16.1. The van der Waals surface area contributed by atoms with Crippen molar-refractivity contribution in [2.45, 2.75) is 45.7 Å². The number of halogens is 1. The average molecular weight is 302 g/mol. The summed E-state index contributed by atoms with van der Waals surface area (Å²) in [6.45, 7) is 6.59. The number of hydrogen-bond acceptors (Lipinski definition) is 1. The van der Waals surface area contributed by atoms with E-state index in [1.807, 2.05) is 12.1 Å². The lowest BCUT2D eigenvalue weighted by Gasteiger charge is -2.24. The fourth-order valence-electron chi connectivity index (χ4n) is 2.67. The van der Waals surface area contributed by atoms with Gasteiger partial charge in [0.2, 0.25) is 0 Å². The molecule has 0 fully saturated rings. The summed E-state index contributed by atoms with van der Waals surface area (Å²) in [6.07, 6.45) is 2.28. The lowest BCUT2D eigenvalue weighted by Crippen LogP contribution is -2.24. The summed E-state index contributed by atoms with van der Waals surface area (Å²) in [5.41, 5.74) is 3.95. The van der Waals surface area contributed by atoms with Crippen molar-refractivity contribution in [2.75, 3.05) is 0 Å². The summed E-state index contributed by atoms with van der Waals surface area (Å²) >= 11 is 5.99. The van der Waals surface area contributed by atoms with Crippen molar-refractivity contribution in [3.8, 4) is 0 Å². The van der Waals surface area contributed by atoms with E-state index in [0.717, 1.165) is 17.9 Å². The van der Waals surface area contributed by atoms with Gasteiger partial charge < -0.3 is 5.32 Å². The highest BCUT2D eigenvalue weighted by Crippen LogP contribution is 2.25. The molecule has 0 heterocycles. The number of nitrogens with one attached hydrogen (secondary N) is 1. The first-order valence-electron chi connectivity index (χ1n) is 7.68. The Morgan fingerprint density at radius 1 is 1.05 bits per heavy atom. The fourth-order valence-corrected chi connectivity index (χ4v) is 2.79. The van der Waals surface area contributed by atoms with Crippen molar-refractivity contribution >= 4 is 11.6 Å². The van der Waals surface area contributed by atoms with E-state index in [2.05, 4.69) is 62.5 Å². The molecule has 0 radical (unpaired) electrons. The lowest BCUT2D eigenvalue weighted by atomic mass is 9.99. The zero-order valence-corrected chi connectivity index (χ0v) is 13.8. The third kappa shape index (κ3) is 4.59. The van der Waals surface area contributed by atoms with E-state index in [9.17, 15) is 0 Å². The van der Waals surface area contributed by atoms with E-state index in [0.29, 0.717) is 12.1 Å². The second-order valence-electron chi connectivity index (χ2n) is 5.70. The normalized spacial score (nSPS) is 13.9. The molecule has 0 saturated heterocycles. The largest absolute Gasteiger partial charge is 0.303 e. The highest BCUT2D eigenvalue weighted by atomic mass is 35.5. The van der Waals surface area contributed by atoms with E-state index in [1.165, 1.54) is 16.7 Å². The van der Waals surface area contributed by atoms with Gasteiger partial charge in [0.1, 0.15) is 0 Å². The molecule has 2 aromatic carbocycles. The van der Waals surface area contributed by atoms with E-state index < -0.39 is 0 Å². The van der Waals surface area contributed by atoms with Gasteiger partial charge in [0.05, 0.1) is 0 Å². The van der Waals surface area contributed by atoms with Crippen LogP contribution in [0, 0.1) is 6.92 Å². The van der Waals surface area contributed by atoms with Crippen LogP contribution in [0.15, 0.2) is 48.5 Å². The van der Waals surface area contributed by atoms with Crippen LogP contribution >= 0.6 is 11.6 Å².